The van der Waals surface area contributed by atoms with Crippen LogP contribution >= 0.6 is 35.0 Å². The van der Waals surface area contributed by atoms with Gasteiger partial charge in [0.2, 0.25) is 11.8 Å². The molecule has 0 heterocycles. The van der Waals surface area contributed by atoms with E-state index in [0.29, 0.717) is 33.3 Å². The first-order valence-electron chi connectivity index (χ1n) is 10.7. The molecule has 0 aliphatic rings. The molecular formula is C26H25Cl2FN2O2S. The van der Waals surface area contributed by atoms with Crippen LogP contribution in [0.2, 0.25) is 10.0 Å². The lowest BCUT2D eigenvalue weighted by atomic mass is 10.0. The number of carbonyl (C=O) groups is 2. The zero-order valence-corrected chi connectivity index (χ0v) is 21.0. The van der Waals surface area contributed by atoms with Crippen molar-refractivity contribution in [3.05, 3.63) is 105 Å². The number of nitrogens with one attached hydrogen (secondary N) is 1. The van der Waals surface area contributed by atoms with E-state index < -0.39 is 6.04 Å². The van der Waals surface area contributed by atoms with E-state index in [1.54, 1.807) is 43.4 Å². The van der Waals surface area contributed by atoms with E-state index in [4.69, 9.17) is 23.2 Å². The molecule has 0 radical (unpaired) electrons. The summed E-state index contributed by atoms with van der Waals surface area (Å²) in [5.74, 6) is -0.461. The van der Waals surface area contributed by atoms with Crippen molar-refractivity contribution in [2.75, 3.05) is 12.8 Å². The van der Waals surface area contributed by atoms with Crippen LogP contribution in [0, 0.1) is 5.82 Å². The summed E-state index contributed by atoms with van der Waals surface area (Å²) in [7, 11) is 1.54. The van der Waals surface area contributed by atoms with Gasteiger partial charge in [0, 0.05) is 41.4 Å². The number of rotatable bonds is 10. The molecule has 178 valence electrons. The molecule has 0 aliphatic carbocycles. The summed E-state index contributed by atoms with van der Waals surface area (Å²) in [6.45, 7) is 0.0719. The fraction of sp³-hybridized carbons (Fsp3) is 0.231. The van der Waals surface area contributed by atoms with Crippen molar-refractivity contribution in [1.82, 2.24) is 10.2 Å². The van der Waals surface area contributed by atoms with E-state index in [0.717, 1.165) is 5.56 Å². The average molecular weight is 519 g/mol. The smallest absolute Gasteiger partial charge is 0.242 e. The van der Waals surface area contributed by atoms with Gasteiger partial charge < -0.3 is 10.2 Å². The predicted molar refractivity (Wildman–Crippen MR) is 138 cm³/mol. The second-order valence-corrected chi connectivity index (χ2v) is 9.43. The molecule has 4 nitrogen and oxygen atoms in total. The van der Waals surface area contributed by atoms with Crippen LogP contribution in [-0.2, 0) is 28.3 Å². The van der Waals surface area contributed by atoms with Crippen LogP contribution in [0.4, 0.5) is 4.39 Å². The molecule has 8 heteroatoms. The van der Waals surface area contributed by atoms with Crippen LogP contribution in [0.25, 0.3) is 0 Å². The molecule has 0 spiro atoms. The highest BCUT2D eigenvalue weighted by atomic mass is 35.5. The Bertz CT molecular complexity index is 1110. The second kappa shape index (κ2) is 12.8. The first-order chi connectivity index (χ1) is 16.4. The highest BCUT2D eigenvalue weighted by molar-refractivity contribution is 7.99. The van der Waals surface area contributed by atoms with Crippen molar-refractivity contribution in [3.63, 3.8) is 0 Å². The van der Waals surface area contributed by atoms with Crippen LogP contribution in [0.5, 0.6) is 0 Å². The largest absolute Gasteiger partial charge is 0.357 e. The Kier molecular flexibility index (Phi) is 9.81. The summed E-state index contributed by atoms with van der Waals surface area (Å²) in [5, 5.41) is 3.50. The molecule has 1 atom stereocenters. The number of nitrogens with zero attached hydrogens (tertiary/aromatic N) is 1. The highest BCUT2D eigenvalue weighted by Gasteiger charge is 2.30. The summed E-state index contributed by atoms with van der Waals surface area (Å²) < 4.78 is 14.0. The summed E-state index contributed by atoms with van der Waals surface area (Å²) in [6.07, 6.45) is 0.326. The molecule has 34 heavy (non-hydrogen) atoms. The van der Waals surface area contributed by atoms with Gasteiger partial charge in [0.25, 0.3) is 0 Å². The predicted octanol–water partition coefficient (Wildman–Crippen LogP) is 5.75. The molecule has 0 unspecified atom stereocenters. The molecule has 3 rings (SSSR count). The van der Waals surface area contributed by atoms with Gasteiger partial charge in [-0.3, -0.25) is 9.59 Å². The third kappa shape index (κ3) is 6.98. The summed E-state index contributed by atoms with van der Waals surface area (Å²) in [6, 6.07) is 20.3. The van der Waals surface area contributed by atoms with E-state index in [1.807, 2.05) is 30.3 Å². The molecule has 0 saturated heterocycles. The number of carbonyl (C=O) groups excluding carboxylic acids is 2. The summed E-state index contributed by atoms with van der Waals surface area (Å²) in [5.41, 5.74) is 2.01. The third-order valence-corrected chi connectivity index (χ3v) is 7.02. The Morgan fingerprint density at radius 1 is 0.971 bits per heavy atom. The van der Waals surface area contributed by atoms with Gasteiger partial charge in [-0.2, -0.15) is 0 Å². The fourth-order valence-electron chi connectivity index (χ4n) is 3.52. The van der Waals surface area contributed by atoms with Crippen LogP contribution in [0.1, 0.15) is 16.7 Å². The maximum absolute atomic E-state index is 14.0. The molecule has 3 aromatic carbocycles. The standard InChI is InChI=1S/C26H25Cl2FN2O2S/c1-30-26(33)24(14-18-8-3-2-4-9-18)31(15-20-21(27)11-7-12-22(20)28)25(32)17-34-16-19-10-5-6-13-23(19)29/h2-13,24H,14-17H2,1H3,(H,30,33)/t24-/m0/s1. The van der Waals surface area contributed by atoms with Gasteiger partial charge in [0.1, 0.15) is 11.9 Å². The van der Waals surface area contributed by atoms with E-state index in [1.165, 1.54) is 22.7 Å². The van der Waals surface area contributed by atoms with E-state index in [2.05, 4.69) is 5.32 Å². The number of benzene rings is 3. The molecule has 0 aromatic heterocycles. The minimum absolute atomic E-state index is 0.0681. The van der Waals surface area contributed by atoms with Crippen molar-refractivity contribution in [1.29, 1.82) is 0 Å². The SMILES string of the molecule is CNC(=O)[C@H](Cc1ccccc1)N(Cc1c(Cl)cccc1Cl)C(=O)CSCc1ccccc1F. The fourth-order valence-corrected chi connectivity index (χ4v) is 4.93. The molecule has 2 amide bonds. The Morgan fingerprint density at radius 3 is 2.26 bits per heavy atom. The van der Waals surface area contributed by atoms with Gasteiger partial charge >= 0.3 is 0 Å². The lowest BCUT2D eigenvalue weighted by Crippen LogP contribution is -2.50. The van der Waals surface area contributed by atoms with Crippen LogP contribution in [0.15, 0.2) is 72.8 Å². The molecule has 0 bridgehead atoms. The van der Waals surface area contributed by atoms with Gasteiger partial charge in [0.05, 0.1) is 5.75 Å². The normalized spacial score (nSPS) is 11.6. The van der Waals surface area contributed by atoms with Crippen LogP contribution < -0.4 is 5.32 Å². The van der Waals surface area contributed by atoms with Crippen molar-refractivity contribution in [2.45, 2.75) is 24.8 Å². The number of amides is 2. The van der Waals surface area contributed by atoms with E-state index in [-0.39, 0.29) is 29.9 Å². The summed E-state index contributed by atoms with van der Waals surface area (Å²) >= 11 is 14.1. The maximum atomic E-state index is 14.0. The number of hydrogen-bond donors (Lipinski definition) is 1. The number of halogens is 3. The van der Waals surface area contributed by atoms with Crippen molar-refractivity contribution < 1.29 is 14.0 Å². The maximum Gasteiger partial charge on any atom is 0.242 e. The van der Waals surface area contributed by atoms with Gasteiger partial charge in [-0.05, 0) is 29.3 Å². The molecule has 0 saturated carbocycles. The van der Waals surface area contributed by atoms with Crippen molar-refractivity contribution in [2.24, 2.45) is 0 Å². The Labute approximate surface area is 213 Å². The lowest BCUT2D eigenvalue weighted by molar-refractivity contribution is -0.139. The number of likely N-dealkylation sites (N-methyl/N-ethyl adjacent to an activating group) is 1. The monoisotopic (exact) mass is 518 g/mol. The third-order valence-electron chi connectivity index (χ3n) is 5.35. The van der Waals surface area contributed by atoms with Crippen LogP contribution in [-0.4, -0.2) is 35.6 Å². The Hall–Kier alpha value is -2.54. The van der Waals surface area contributed by atoms with Crippen molar-refractivity contribution >= 4 is 46.8 Å². The van der Waals surface area contributed by atoms with Gasteiger partial charge in [-0.1, -0.05) is 77.8 Å². The second-order valence-electron chi connectivity index (χ2n) is 7.63. The van der Waals surface area contributed by atoms with Gasteiger partial charge in [0.15, 0.2) is 0 Å². The number of thioether (sulfide) groups is 1. The first-order valence-corrected chi connectivity index (χ1v) is 12.6. The zero-order chi connectivity index (χ0) is 24.5. The molecule has 3 aromatic rings. The van der Waals surface area contributed by atoms with E-state index >= 15 is 0 Å². The molecular weight excluding hydrogens is 494 g/mol. The Morgan fingerprint density at radius 2 is 1.62 bits per heavy atom. The van der Waals surface area contributed by atoms with Gasteiger partial charge in [-0.25, -0.2) is 4.39 Å². The van der Waals surface area contributed by atoms with Gasteiger partial charge in [-0.15, -0.1) is 11.8 Å². The topological polar surface area (TPSA) is 49.4 Å². The molecule has 0 fully saturated rings. The lowest BCUT2D eigenvalue weighted by Gasteiger charge is -2.31. The quantitative estimate of drug-likeness (QED) is 0.371. The van der Waals surface area contributed by atoms with E-state index in [9.17, 15) is 14.0 Å². The zero-order valence-electron chi connectivity index (χ0n) is 18.6. The molecule has 1 N–H and O–H groups in total. The highest BCUT2D eigenvalue weighted by Crippen LogP contribution is 2.28. The summed E-state index contributed by atoms with van der Waals surface area (Å²) in [4.78, 5) is 27.9. The van der Waals surface area contributed by atoms with Crippen LogP contribution in [0.3, 0.4) is 0 Å². The molecule has 0 aliphatic heterocycles. The average Bonchev–Trinajstić information content (AvgIpc) is 2.84. The first kappa shape index (κ1) is 26.1. The Balaban J connectivity index is 1.87. The number of hydrogen-bond acceptors (Lipinski definition) is 3. The minimum Gasteiger partial charge on any atom is -0.357 e. The minimum atomic E-state index is -0.777. The van der Waals surface area contributed by atoms with Crippen molar-refractivity contribution in [3.8, 4) is 0 Å².